The van der Waals surface area contributed by atoms with Gasteiger partial charge in [-0.25, -0.2) is 0 Å². The second-order valence-corrected chi connectivity index (χ2v) is 7.55. The molecule has 0 aliphatic carbocycles. The summed E-state index contributed by atoms with van der Waals surface area (Å²) in [5.74, 6) is 0.838. The van der Waals surface area contributed by atoms with Gasteiger partial charge in [-0.05, 0) is 74.8 Å². The van der Waals surface area contributed by atoms with Crippen molar-refractivity contribution in [2.45, 2.75) is 25.8 Å². The van der Waals surface area contributed by atoms with E-state index in [0.29, 0.717) is 10.6 Å². The van der Waals surface area contributed by atoms with Gasteiger partial charge >= 0.3 is 0 Å². The Kier molecular flexibility index (Phi) is 7.12. The van der Waals surface area contributed by atoms with E-state index >= 15 is 0 Å². The summed E-state index contributed by atoms with van der Waals surface area (Å²) in [6, 6.07) is 15.5. The van der Waals surface area contributed by atoms with E-state index in [1.54, 1.807) is 37.5 Å². The van der Waals surface area contributed by atoms with Gasteiger partial charge in [-0.2, -0.15) is 0 Å². The standard InChI is InChI=1S/C23H27ClN2O2/c1-17(15-23(27)19-5-9-20(24)10-6-19)25-16-22(26-13-3-4-14-26)18-7-11-21(28-2)12-8-18/h5-12,15,22,25H,3-4,13-14,16H2,1-2H3. The average molecular weight is 399 g/mol. The molecule has 0 aromatic heterocycles. The van der Waals surface area contributed by atoms with E-state index in [0.717, 1.165) is 31.1 Å². The number of nitrogens with zero attached hydrogens (tertiary/aromatic N) is 1. The van der Waals surface area contributed by atoms with Crippen molar-refractivity contribution in [3.8, 4) is 5.75 Å². The summed E-state index contributed by atoms with van der Waals surface area (Å²) in [7, 11) is 1.68. The Labute approximate surface area is 172 Å². The second-order valence-electron chi connectivity index (χ2n) is 7.11. The van der Waals surface area contributed by atoms with Crippen LogP contribution in [-0.2, 0) is 0 Å². The molecule has 5 heteroatoms. The van der Waals surface area contributed by atoms with E-state index in [4.69, 9.17) is 16.3 Å². The Balaban J connectivity index is 1.68. The van der Waals surface area contributed by atoms with Gasteiger partial charge in [0.05, 0.1) is 13.2 Å². The molecule has 0 amide bonds. The lowest BCUT2D eigenvalue weighted by atomic mass is 10.0. The maximum absolute atomic E-state index is 12.4. The molecule has 1 aliphatic rings. The van der Waals surface area contributed by atoms with E-state index in [-0.39, 0.29) is 11.8 Å². The van der Waals surface area contributed by atoms with Crippen LogP contribution in [0.3, 0.4) is 0 Å². The van der Waals surface area contributed by atoms with Crippen molar-refractivity contribution in [2.24, 2.45) is 0 Å². The van der Waals surface area contributed by atoms with Crippen molar-refractivity contribution in [3.63, 3.8) is 0 Å². The molecule has 0 saturated carbocycles. The van der Waals surface area contributed by atoms with Crippen molar-refractivity contribution in [3.05, 3.63) is 76.5 Å². The monoisotopic (exact) mass is 398 g/mol. The summed E-state index contributed by atoms with van der Waals surface area (Å²) in [4.78, 5) is 14.9. The lowest BCUT2D eigenvalue weighted by molar-refractivity contribution is 0.104. The van der Waals surface area contributed by atoms with Crippen LogP contribution in [-0.4, -0.2) is 37.4 Å². The number of ketones is 1. The average Bonchev–Trinajstić information content (AvgIpc) is 3.23. The third-order valence-corrected chi connectivity index (χ3v) is 5.38. The van der Waals surface area contributed by atoms with Crippen LogP contribution >= 0.6 is 11.6 Å². The largest absolute Gasteiger partial charge is 0.497 e. The van der Waals surface area contributed by atoms with E-state index in [2.05, 4.69) is 22.3 Å². The van der Waals surface area contributed by atoms with Crippen LogP contribution in [0.15, 0.2) is 60.3 Å². The van der Waals surface area contributed by atoms with Gasteiger partial charge in [0.25, 0.3) is 0 Å². The normalized spacial score (nSPS) is 16.0. The van der Waals surface area contributed by atoms with Crippen molar-refractivity contribution < 1.29 is 9.53 Å². The number of benzene rings is 2. The highest BCUT2D eigenvalue weighted by Crippen LogP contribution is 2.26. The number of hydrogen-bond donors (Lipinski definition) is 1. The predicted octanol–water partition coefficient (Wildman–Crippen LogP) is 4.86. The third kappa shape index (κ3) is 5.37. The van der Waals surface area contributed by atoms with Gasteiger partial charge in [-0.3, -0.25) is 9.69 Å². The molecule has 1 atom stereocenters. The van der Waals surface area contributed by atoms with E-state index in [1.165, 1.54) is 18.4 Å². The van der Waals surface area contributed by atoms with Crippen molar-refractivity contribution in [1.82, 2.24) is 10.2 Å². The molecule has 3 rings (SSSR count). The molecular formula is C23H27ClN2O2. The molecule has 1 saturated heterocycles. The first-order chi connectivity index (χ1) is 13.6. The number of halogens is 1. The molecule has 148 valence electrons. The van der Waals surface area contributed by atoms with E-state index in [1.807, 2.05) is 19.1 Å². The number of nitrogens with one attached hydrogen (secondary N) is 1. The topological polar surface area (TPSA) is 41.6 Å². The number of ether oxygens (including phenoxy) is 1. The quantitative estimate of drug-likeness (QED) is 0.509. The van der Waals surface area contributed by atoms with Gasteiger partial charge in [-0.15, -0.1) is 0 Å². The molecule has 1 unspecified atom stereocenters. The van der Waals surface area contributed by atoms with Crippen LogP contribution in [0.25, 0.3) is 0 Å². The first-order valence-electron chi connectivity index (χ1n) is 9.67. The zero-order valence-corrected chi connectivity index (χ0v) is 17.2. The van der Waals surface area contributed by atoms with E-state index in [9.17, 15) is 4.79 Å². The highest BCUT2D eigenvalue weighted by atomic mass is 35.5. The first-order valence-corrected chi connectivity index (χ1v) is 10.0. The minimum Gasteiger partial charge on any atom is -0.497 e. The molecule has 1 N–H and O–H groups in total. The van der Waals surface area contributed by atoms with Crippen LogP contribution in [0.1, 0.15) is 41.7 Å². The summed E-state index contributed by atoms with van der Waals surface area (Å²) >= 11 is 5.89. The van der Waals surface area contributed by atoms with Crippen LogP contribution in [0.4, 0.5) is 0 Å². The molecule has 1 fully saturated rings. The van der Waals surface area contributed by atoms with Crippen LogP contribution < -0.4 is 10.1 Å². The third-order valence-electron chi connectivity index (χ3n) is 5.13. The number of carbonyl (C=O) groups is 1. The molecule has 0 radical (unpaired) electrons. The van der Waals surface area contributed by atoms with Gasteiger partial charge in [0, 0.05) is 28.9 Å². The molecule has 0 spiro atoms. The van der Waals surface area contributed by atoms with Gasteiger partial charge in [0.15, 0.2) is 5.78 Å². The Morgan fingerprint density at radius 3 is 2.39 bits per heavy atom. The second kappa shape index (κ2) is 9.76. The molecular weight excluding hydrogens is 372 g/mol. The fourth-order valence-corrected chi connectivity index (χ4v) is 3.67. The summed E-state index contributed by atoms with van der Waals surface area (Å²) in [5, 5.41) is 4.07. The molecule has 1 heterocycles. The SMILES string of the molecule is COc1ccc(C(CNC(C)=CC(=O)c2ccc(Cl)cc2)N2CCCC2)cc1. The minimum atomic E-state index is -0.0242. The molecule has 2 aromatic rings. The van der Waals surface area contributed by atoms with Crippen molar-refractivity contribution in [1.29, 1.82) is 0 Å². The molecule has 28 heavy (non-hydrogen) atoms. The zero-order valence-electron chi connectivity index (χ0n) is 16.5. The van der Waals surface area contributed by atoms with Crippen molar-refractivity contribution >= 4 is 17.4 Å². The molecule has 1 aliphatic heterocycles. The van der Waals surface area contributed by atoms with E-state index < -0.39 is 0 Å². The molecule has 4 nitrogen and oxygen atoms in total. The smallest absolute Gasteiger partial charge is 0.187 e. The summed E-state index contributed by atoms with van der Waals surface area (Å²) in [6.45, 7) is 4.89. The maximum Gasteiger partial charge on any atom is 0.187 e. The number of carbonyl (C=O) groups excluding carboxylic acids is 1. The summed E-state index contributed by atoms with van der Waals surface area (Å²) in [6.07, 6.45) is 4.12. The fraction of sp³-hybridized carbons (Fsp3) is 0.348. The maximum atomic E-state index is 12.4. The fourth-order valence-electron chi connectivity index (χ4n) is 3.54. The minimum absolute atomic E-state index is 0.0242. The molecule has 0 bridgehead atoms. The number of rotatable bonds is 8. The Bertz CT molecular complexity index is 810. The van der Waals surface area contributed by atoms with Crippen LogP contribution in [0.5, 0.6) is 5.75 Å². The van der Waals surface area contributed by atoms with Gasteiger partial charge in [-0.1, -0.05) is 23.7 Å². The summed E-state index contributed by atoms with van der Waals surface area (Å²) in [5.41, 5.74) is 2.75. The van der Waals surface area contributed by atoms with Gasteiger partial charge in [0.1, 0.15) is 5.75 Å². The molecule has 2 aromatic carbocycles. The number of methoxy groups -OCH3 is 1. The summed E-state index contributed by atoms with van der Waals surface area (Å²) < 4.78 is 5.28. The van der Waals surface area contributed by atoms with Crippen molar-refractivity contribution in [2.75, 3.05) is 26.7 Å². The number of allylic oxidation sites excluding steroid dienone is 2. The van der Waals surface area contributed by atoms with Crippen LogP contribution in [0, 0.1) is 0 Å². The lowest BCUT2D eigenvalue weighted by Gasteiger charge is -2.29. The Morgan fingerprint density at radius 2 is 1.79 bits per heavy atom. The lowest BCUT2D eigenvalue weighted by Crippen LogP contribution is -2.33. The number of likely N-dealkylation sites (tertiary alicyclic amines) is 1. The Hall–Kier alpha value is -2.30. The predicted molar refractivity (Wildman–Crippen MR) is 114 cm³/mol. The van der Waals surface area contributed by atoms with Gasteiger partial charge < -0.3 is 10.1 Å². The Morgan fingerprint density at radius 1 is 1.14 bits per heavy atom. The van der Waals surface area contributed by atoms with Gasteiger partial charge in [0.2, 0.25) is 0 Å². The number of hydrogen-bond acceptors (Lipinski definition) is 4. The first kappa shape index (κ1) is 20.4. The van der Waals surface area contributed by atoms with Crippen LogP contribution in [0.2, 0.25) is 5.02 Å². The zero-order chi connectivity index (χ0) is 19.9. The highest BCUT2D eigenvalue weighted by molar-refractivity contribution is 6.30. The highest BCUT2D eigenvalue weighted by Gasteiger charge is 2.23.